The summed E-state index contributed by atoms with van der Waals surface area (Å²) >= 11 is 1.31. The van der Waals surface area contributed by atoms with Gasteiger partial charge in [0.2, 0.25) is 0 Å². The van der Waals surface area contributed by atoms with E-state index in [9.17, 15) is 9.18 Å². The summed E-state index contributed by atoms with van der Waals surface area (Å²) in [7, 11) is 0. The quantitative estimate of drug-likeness (QED) is 0.734. The number of anilines is 2. The van der Waals surface area contributed by atoms with Crippen LogP contribution >= 0.6 is 11.3 Å². The highest BCUT2D eigenvalue weighted by atomic mass is 32.1. The van der Waals surface area contributed by atoms with E-state index < -0.39 is 0 Å². The third-order valence-corrected chi connectivity index (χ3v) is 7.35. The number of piperidine rings is 1. The fourth-order valence-electron chi connectivity index (χ4n) is 4.59. The molecule has 162 valence electrons. The predicted octanol–water partition coefficient (Wildman–Crippen LogP) is 4.42. The van der Waals surface area contributed by atoms with Gasteiger partial charge < -0.3 is 14.9 Å². The summed E-state index contributed by atoms with van der Waals surface area (Å²) in [6.45, 7) is 6.59. The molecular weight excluding hydrogens is 403 g/mol. The van der Waals surface area contributed by atoms with Crippen molar-refractivity contribution in [2.24, 2.45) is 5.92 Å². The first-order valence-corrected chi connectivity index (χ1v) is 11.5. The second-order valence-corrected chi connectivity index (χ2v) is 9.16. The highest BCUT2D eigenvalue weighted by Gasteiger charge is 2.37. The van der Waals surface area contributed by atoms with Crippen LogP contribution in [0.3, 0.4) is 0 Å². The molecule has 0 bridgehead atoms. The van der Waals surface area contributed by atoms with Gasteiger partial charge >= 0.3 is 6.03 Å². The Labute approximate surface area is 180 Å². The monoisotopic (exact) mass is 432 g/mol. The average molecular weight is 433 g/mol. The van der Waals surface area contributed by atoms with E-state index in [-0.39, 0.29) is 18.5 Å². The van der Waals surface area contributed by atoms with Crippen molar-refractivity contribution in [3.63, 3.8) is 0 Å². The van der Waals surface area contributed by atoms with Gasteiger partial charge in [0.1, 0.15) is 5.82 Å². The van der Waals surface area contributed by atoms with Crippen LogP contribution in [-0.2, 0) is 6.61 Å². The molecular formula is C22H29FN4O2S. The lowest BCUT2D eigenvalue weighted by atomic mass is 9.87. The Morgan fingerprint density at radius 1 is 1.40 bits per heavy atom. The number of nitrogens with zero attached hydrogens (tertiary/aromatic N) is 3. The Kier molecular flexibility index (Phi) is 6.24. The van der Waals surface area contributed by atoms with Gasteiger partial charge in [-0.2, -0.15) is 0 Å². The number of thiazole rings is 1. The van der Waals surface area contributed by atoms with Crippen LogP contribution in [0.15, 0.2) is 23.6 Å². The van der Waals surface area contributed by atoms with Gasteiger partial charge in [-0.05, 0) is 36.5 Å². The van der Waals surface area contributed by atoms with Gasteiger partial charge in [-0.3, -0.25) is 5.32 Å². The Morgan fingerprint density at radius 3 is 2.83 bits per heavy atom. The molecule has 1 fully saturated rings. The van der Waals surface area contributed by atoms with Crippen molar-refractivity contribution in [3.8, 4) is 0 Å². The van der Waals surface area contributed by atoms with Crippen molar-refractivity contribution in [3.05, 3.63) is 40.7 Å². The largest absolute Gasteiger partial charge is 0.390 e. The van der Waals surface area contributed by atoms with E-state index in [4.69, 9.17) is 5.11 Å². The number of hydrogen-bond acceptors (Lipinski definition) is 5. The summed E-state index contributed by atoms with van der Waals surface area (Å²) in [6, 6.07) is 5.37. The summed E-state index contributed by atoms with van der Waals surface area (Å²) in [5.74, 6) is 0.788. The number of halogens is 1. The highest BCUT2D eigenvalue weighted by Crippen LogP contribution is 2.43. The Bertz CT molecular complexity index is 897. The molecule has 1 saturated heterocycles. The average Bonchev–Trinajstić information content (AvgIpc) is 3.37. The molecule has 1 aromatic carbocycles. The van der Waals surface area contributed by atoms with Crippen LogP contribution in [0.1, 0.15) is 50.3 Å². The minimum absolute atomic E-state index is 0.132. The number of urea groups is 1. The van der Waals surface area contributed by atoms with Crippen molar-refractivity contribution < 1.29 is 14.3 Å². The fourth-order valence-corrected chi connectivity index (χ4v) is 5.28. The number of hydrogen-bond donors (Lipinski definition) is 2. The zero-order valence-corrected chi connectivity index (χ0v) is 18.3. The molecule has 2 aliphatic rings. The van der Waals surface area contributed by atoms with E-state index in [2.05, 4.69) is 29.0 Å². The SMILES string of the molecule is CCC(C)C1CN(C2CCN(C(=O)Nc3nc(CO)cs3)CC2)c2cc(F)ccc21. The number of fused-ring (bicyclic) bond motifs is 1. The van der Waals surface area contributed by atoms with E-state index in [1.807, 2.05) is 11.0 Å². The van der Waals surface area contributed by atoms with Crippen molar-refractivity contribution in [1.82, 2.24) is 9.88 Å². The van der Waals surface area contributed by atoms with Crippen molar-refractivity contribution >= 4 is 28.2 Å². The molecule has 2 aliphatic heterocycles. The highest BCUT2D eigenvalue weighted by molar-refractivity contribution is 7.13. The van der Waals surface area contributed by atoms with Gasteiger partial charge in [0, 0.05) is 42.7 Å². The molecule has 3 heterocycles. The van der Waals surface area contributed by atoms with E-state index >= 15 is 0 Å². The number of aromatic nitrogens is 1. The molecule has 4 rings (SSSR count). The lowest BCUT2D eigenvalue weighted by molar-refractivity contribution is 0.193. The predicted molar refractivity (Wildman–Crippen MR) is 118 cm³/mol. The smallest absolute Gasteiger partial charge is 0.323 e. The topological polar surface area (TPSA) is 68.7 Å². The van der Waals surface area contributed by atoms with E-state index in [1.165, 1.54) is 16.9 Å². The maximum atomic E-state index is 14.0. The molecule has 1 aromatic heterocycles. The third kappa shape index (κ3) is 4.16. The minimum atomic E-state index is -0.189. The molecule has 2 amide bonds. The second kappa shape index (κ2) is 8.89. The molecule has 2 unspecified atom stereocenters. The summed E-state index contributed by atoms with van der Waals surface area (Å²) in [5, 5.41) is 14.2. The Balaban J connectivity index is 1.40. The lowest BCUT2D eigenvalue weighted by Crippen LogP contribution is -2.48. The molecule has 2 aromatic rings. The van der Waals surface area contributed by atoms with Gasteiger partial charge in [0.05, 0.1) is 12.3 Å². The van der Waals surface area contributed by atoms with Crippen LogP contribution in [0.4, 0.5) is 20.0 Å². The molecule has 2 N–H and O–H groups in total. The first-order chi connectivity index (χ1) is 14.5. The van der Waals surface area contributed by atoms with Crippen molar-refractivity contribution in [2.75, 3.05) is 29.9 Å². The molecule has 0 aliphatic carbocycles. The summed E-state index contributed by atoms with van der Waals surface area (Å²) in [4.78, 5) is 20.9. The molecule has 6 nitrogen and oxygen atoms in total. The Hall–Kier alpha value is -2.19. The summed E-state index contributed by atoms with van der Waals surface area (Å²) in [5.41, 5.74) is 2.85. The van der Waals surface area contributed by atoms with E-state index in [0.717, 1.165) is 31.5 Å². The van der Waals surface area contributed by atoms with Gasteiger partial charge in [-0.25, -0.2) is 14.2 Å². The number of likely N-dealkylation sites (tertiary alicyclic amines) is 1. The standard InChI is InChI=1S/C22H29FN4O2S/c1-3-14(2)19-11-27(20-10-15(23)4-5-18(19)20)17-6-8-26(9-7-17)22(29)25-21-24-16(12-28)13-30-21/h4-5,10,13-14,17,19,28H,3,6-9,11-12H2,1-2H3,(H,24,25,29). The second-order valence-electron chi connectivity index (χ2n) is 8.30. The van der Waals surface area contributed by atoms with E-state index in [1.54, 1.807) is 17.5 Å². The van der Waals surface area contributed by atoms with Crippen LogP contribution in [0.2, 0.25) is 0 Å². The van der Waals surface area contributed by atoms with Gasteiger partial charge in [0.15, 0.2) is 5.13 Å². The summed E-state index contributed by atoms with van der Waals surface area (Å²) in [6.07, 6.45) is 2.81. The van der Waals surface area contributed by atoms with Crippen LogP contribution in [0.5, 0.6) is 0 Å². The number of aliphatic hydroxyl groups is 1. The minimum Gasteiger partial charge on any atom is -0.390 e. The number of benzene rings is 1. The maximum Gasteiger partial charge on any atom is 0.323 e. The maximum absolute atomic E-state index is 14.0. The first-order valence-electron chi connectivity index (χ1n) is 10.7. The van der Waals surface area contributed by atoms with Gasteiger partial charge in [0.25, 0.3) is 0 Å². The van der Waals surface area contributed by atoms with Crippen molar-refractivity contribution in [1.29, 1.82) is 0 Å². The van der Waals surface area contributed by atoms with Gasteiger partial charge in [-0.15, -0.1) is 11.3 Å². The van der Waals surface area contributed by atoms with Crippen LogP contribution in [0, 0.1) is 11.7 Å². The molecule has 0 radical (unpaired) electrons. The number of rotatable bonds is 5. The Morgan fingerprint density at radius 2 is 2.17 bits per heavy atom. The molecule has 30 heavy (non-hydrogen) atoms. The zero-order chi connectivity index (χ0) is 21.3. The van der Waals surface area contributed by atoms with Crippen LogP contribution in [0.25, 0.3) is 0 Å². The number of aliphatic hydroxyl groups excluding tert-OH is 1. The number of carbonyl (C=O) groups excluding carboxylic acids is 1. The number of amides is 2. The van der Waals surface area contributed by atoms with Crippen LogP contribution in [-0.4, -0.2) is 46.7 Å². The normalized spacial score (nSPS) is 20.3. The molecule has 0 saturated carbocycles. The van der Waals surface area contributed by atoms with E-state index in [0.29, 0.717) is 41.8 Å². The zero-order valence-electron chi connectivity index (χ0n) is 17.5. The summed E-state index contributed by atoms with van der Waals surface area (Å²) < 4.78 is 14.0. The van der Waals surface area contributed by atoms with Crippen molar-refractivity contribution in [2.45, 2.75) is 51.7 Å². The third-order valence-electron chi connectivity index (χ3n) is 6.55. The first kappa shape index (κ1) is 21.1. The lowest BCUT2D eigenvalue weighted by Gasteiger charge is -2.38. The molecule has 0 spiro atoms. The fraction of sp³-hybridized carbons (Fsp3) is 0.545. The number of nitrogens with one attached hydrogen (secondary N) is 1. The molecule has 8 heteroatoms. The number of carbonyl (C=O) groups is 1. The van der Waals surface area contributed by atoms with Crippen LogP contribution < -0.4 is 10.2 Å². The van der Waals surface area contributed by atoms with Gasteiger partial charge in [-0.1, -0.05) is 26.3 Å². The molecule has 2 atom stereocenters.